The molecule has 6 nitrogen and oxygen atoms in total. The van der Waals surface area contributed by atoms with Gasteiger partial charge in [0.2, 0.25) is 5.95 Å². The smallest absolute Gasteiger partial charge is 0.223 e. The van der Waals surface area contributed by atoms with Crippen LogP contribution in [-0.2, 0) is 0 Å². The minimum atomic E-state index is 0.305. The number of fused-ring (bicyclic) bond motifs is 1. The zero-order valence-electron chi connectivity index (χ0n) is 12.6. The Labute approximate surface area is 125 Å². The lowest BCUT2D eigenvalue weighted by atomic mass is 9.80. The van der Waals surface area contributed by atoms with Gasteiger partial charge in [-0.05, 0) is 37.6 Å². The predicted octanol–water partition coefficient (Wildman–Crippen LogP) is 0.906. The van der Waals surface area contributed by atoms with E-state index in [0.29, 0.717) is 17.7 Å². The first-order valence-corrected chi connectivity index (χ1v) is 7.98. The second kappa shape index (κ2) is 4.73. The van der Waals surface area contributed by atoms with Crippen molar-refractivity contribution in [2.75, 3.05) is 49.6 Å². The van der Waals surface area contributed by atoms with Gasteiger partial charge in [0, 0.05) is 31.7 Å². The Hall–Kier alpha value is -1.56. The zero-order chi connectivity index (χ0) is 14.6. The average Bonchev–Trinajstić information content (AvgIpc) is 2.86. The van der Waals surface area contributed by atoms with Gasteiger partial charge in [-0.2, -0.15) is 9.97 Å². The van der Waals surface area contributed by atoms with E-state index in [-0.39, 0.29) is 0 Å². The largest absolute Gasteiger partial charge is 0.383 e. The van der Waals surface area contributed by atoms with Gasteiger partial charge in [-0.15, -0.1) is 0 Å². The molecular formula is C15H24N6. The molecule has 3 fully saturated rings. The third-order valence-corrected chi connectivity index (χ3v) is 5.45. The molecule has 21 heavy (non-hydrogen) atoms. The molecule has 1 aromatic rings. The van der Waals surface area contributed by atoms with Crippen LogP contribution in [0.1, 0.15) is 30.7 Å². The third-order valence-electron chi connectivity index (χ3n) is 5.45. The molecule has 1 saturated carbocycles. The Balaban J connectivity index is 1.65. The standard InChI is InChI=1S/C15H24N6/c1-20-5-10-7-21(8-11(10)6-20)14-12(9-3-2-4-9)13(16)18-15(17)19-14/h9-11H,2-8H2,1H3,(H4,16,17,18,19). The average molecular weight is 288 g/mol. The molecule has 3 heterocycles. The van der Waals surface area contributed by atoms with Gasteiger partial charge < -0.3 is 21.3 Å². The van der Waals surface area contributed by atoms with E-state index in [0.717, 1.165) is 36.3 Å². The van der Waals surface area contributed by atoms with Crippen molar-refractivity contribution in [3.8, 4) is 0 Å². The molecule has 3 aliphatic rings. The summed E-state index contributed by atoms with van der Waals surface area (Å²) >= 11 is 0. The third kappa shape index (κ3) is 2.12. The number of nitrogen functional groups attached to an aromatic ring is 2. The maximum Gasteiger partial charge on any atom is 0.223 e. The molecule has 2 atom stereocenters. The van der Waals surface area contributed by atoms with Gasteiger partial charge >= 0.3 is 0 Å². The minimum absolute atomic E-state index is 0.305. The molecule has 114 valence electrons. The number of anilines is 3. The SMILES string of the molecule is CN1CC2CN(c3nc(N)nc(N)c3C3CCC3)CC2C1. The molecule has 4 N–H and O–H groups in total. The van der Waals surface area contributed by atoms with Crippen molar-refractivity contribution in [3.05, 3.63) is 5.56 Å². The molecule has 6 heteroatoms. The first kappa shape index (κ1) is 13.1. The van der Waals surface area contributed by atoms with Gasteiger partial charge in [0.1, 0.15) is 11.6 Å². The second-order valence-electron chi connectivity index (χ2n) is 6.98. The summed E-state index contributed by atoms with van der Waals surface area (Å²) in [6, 6.07) is 0. The van der Waals surface area contributed by atoms with Crippen molar-refractivity contribution < 1.29 is 0 Å². The van der Waals surface area contributed by atoms with E-state index in [2.05, 4.69) is 26.8 Å². The van der Waals surface area contributed by atoms with E-state index in [4.69, 9.17) is 11.5 Å². The van der Waals surface area contributed by atoms with E-state index in [1.165, 1.54) is 32.4 Å². The summed E-state index contributed by atoms with van der Waals surface area (Å²) in [6.07, 6.45) is 3.69. The van der Waals surface area contributed by atoms with Crippen molar-refractivity contribution in [3.63, 3.8) is 0 Å². The monoisotopic (exact) mass is 288 g/mol. The van der Waals surface area contributed by atoms with Crippen molar-refractivity contribution in [1.29, 1.82) is 0 Å². The highest BCUT2D eigenvalue weighted by atomic mass is 15.3. The molecule has 0 bridgehead atoms. The molecule has 1 aliphatic carbocycles. The fourth-order valence-corrected chi connectivity index (χ4v) is 4.22. The normalized spacial score (nSPS) is 29.7. The van der Waals surface area contributed by atoms with Crippen molar-refractivity contribution in [2.45, 2.75) is 25.2 Å². The van der Waals surface area contributed by atoms with Crippen LogP contribution < -0.4 is 16.4 Å². The summed E-state index contributed by atoms with van der Waals surface area (Å²) in [4.78, 5) is 13.6. The van der Waals surface area contributed by atoms with Crippen LogP contribution in [0.5, 0.6) is 0 Å². The molecular weight excluding hydrogens is 264 g/mol. The highest BCUT2D eigenvalue weighted by molar-refractivity contribution is 5.62. The zero-order valence-corrected chi connectivity index (χ0v) is 12.6. The Bertz CT molecular complexity index is 541. The molecule has 4 rings (SSSR count). The molecule has 2 unspecified atom stereocenters. The maximum absolute atomic E-state index is 6.17. The summed E-state index contributed by atoms with van der Waals surface area (Å²) in [6.45, 7) is 4.53. The van der Waals surface area contributed by atoms with Gasteiger partial charge in [0.05, 0.1) is 0 Å². The van der Waals surface area contributed by atoms with Crippen LogP contribution in [0.2, 0.25) is 0 Å². The van der Waals surface area contributed by atoms with E-state index < -0.39 is 0 Å². The van der Waals surface area contributed by atoms with Crippen molar-refractivity contribution >= 4 is 17.6 Å². The topological polar surface area (TPSA) is 84.3 Å². The van der Waals surface area contributed by atoms with Crippen LogP contribution >= 0.6 is 0 Å². The molecule has 0 aromatic carbocycles. The van der Waals surface area contributed by atoms with Crippen LogP contribution in [0.4, 0.5) is 17.6 Å². The molecule has 0 spiro atoms. The minimum Gasteiger partial charge on any atom is -0.383 e. The summed E-state index contributed by atoms with van der Waals surface area (Å²) in [5, 5.41) is 0. The van der Waals surface area contributed by atoms with E-state index in [9.17, 15) is 0 Å². The number of nitrogens with zero attached hydrogens (tertiary/aromatic N) is 4. The van der Waals surface area contributed by atoms with Crippen LogP contribution in [0.3, 0.4) is 0 Å². The summed E-state index contributed by atoms with van der Waals surface area (Å²) in [5.41, 5.74) is 13.2. The Kier molecular flexibility index (Phi) is 2.96. The number of aromatic nitrogens is 2. The molecule has 1 aromatic heterocycles. The lowest BCUT2D eigenvalue weighted by molar-refractivity contribution is 0.386. The van der Waals surface area contributed by atoms with E-state index >= 15 is 0 Å². The van der Waals surface area contributed by atoms with Crippen LogP contribution in [-0.4, -0.2) is 48.1 Å². The highest BCUT2D eigenvalue weighted by Crippen LogP contribution is 2.44. The van der Waals surface area contributed by atoms with Crippen LogP contribution in [0.15, 0.2) is 0 Å². The number of hydrogen-bond acceptors (Lipinski definition) is 6. The lowest BCUT2D eigenvalue weighted by Gasteiger charge is -2.31. The second-order valence-corrected chi connectivity index (χ2v) is 6.98. The number of nitrogens with two attached hydrogens (primary N) is 2. The highest BCUT2D eigenvalue weighted by Gasteiger charge is 2.40. The van der Waals surface area contributed by atoms with Gasteiger partial charge in [-0.25, -0.2) is 0 Å². The summed E-state index contributed by atoms with van der Waals surface area (Å²) in [5.74, 6) is 3.95. The Morgan fingerprint density at radius 2 is 1.67 bits per heavy atom. The maximum atomic E-state index is 6.17. The molecule has 0 amide bonds. The molecule has 0 radical (unpaired) electrons. The fraction of sp³-hybridized carbons (Fsp3) is 0.733. The number of hydrogen-bond donors (Lipinski definition) is 2. The predicted molar refractivity (Wildman–Crippen MR) is 84.1 cm³/mol. The van der Waals surface area contributed by atoms with E-state index in [1.54, 1.807) is 0 Å². The van der Waals surface area contributed by atoms with Crippen molar-refractivity contribution in [2.24, 2.45) is 11.8 Å². The van der Waals surface area contributed by atoms with Gasteiger partial charge in [0.25, 0.3) is 0 Å². The summed E-state index contributed by atoms with van der Waals surface area (Å²) < 4.78 is 0. The van der Waals surface area contributed by atoms with Gasteiger partial charge in [-0.3, -0.25) is 0 Å². The Morgan fingerprint density at radius 1 is 1.00 bits per heavy atom. The molecule has 2 aliphatic heterocycles. The van der Waals surface area contributed by atoms with E-state index in [1.807, 2.05) is 0 Å². The lowest BCUT2D eigenvalue weighted by Crippen LogP contribution is -2.30. The first-order valence-electron chi connectivity index (χ1n) is 7.98. The first-order chi connectivity index (χ1) is 10.1. The Morgan fingerprint density at radius 3 is 2.24 bits per heavy atom. The van der Waals surface area contributed by atoms with Crippen LogP contribution in [0.25, 0.3) is 0 Å². The summed E-state index contributed by atoms with van der Waals surface area (Å²) in [7, 11) is 2.21. The molecule has 2 saturated heterocycles. The number of likely N-dealkylation sites (tertiary alicyclic amines) is 1. The van der Waals surface area contributed by atoms with Crippen LogP contribution in [0, 0.1) is 11.8 Å². The quantitative estimate of drug-likeness (QED) is 0.841. The van der Waals surface area contributed by atoms with Gasteiger partial charge in [-0.1, -0.05) is 6.42 Å². The number of rotatable bonds is 2. The van der Waals surface area contributed by atoms with Crippen molar-refractivity contribution in [1.82, 2.24) is 14.9 Å². The fourth-order valence-electron chi connectivity index (χ4n) is 4.22. The van der Waals surface area contributed by atoms with Gasteiger partial charge in [0.15, 0.2) is 0 Å².